The Bertz CT molecular complexity index is 518. The van der Waals surface area contributed by atoms with E-state index in [1.54, 1.807) is 0 Å². The number of aryl methyl sites for hydroxylation is 2. The average Bonchev–Trinajstić information content (AvgIpc) is 2.64. The summed E-state index contributed by atoms with van der Waals surface area (Å²) in [5, 5.41) is 1.15. The molecule has 2 nitrogen and oxygen atoms in total. The predicted molar refractivity (Wildman–Crippen MR) is 68.1 cm³/mol. The van der Waals surface area contributed by atoms with Crippen molar-refractivity contribution in [2.45, 2.75) is 20.4 Å². The van der Waals surface area contributed by atoms with Gasteiger partial charge in [0.1, 0.15) is 0 Å². The maximum atomic E-state index is 6.02. The molecule has 2 rings (SSSR count). The molecule has 4 heteroatoms. The van der Waals surface area contributed by atoms with Crippen molar-refractivity contribution >= 4 is 23.2 Å². The van der Waals surface area contributed by atoms with Crippen LogP contribution in [0.2, 0.25) is 10.0 Å². The third-order valence-corrected chi connectivity index (χ3v) is 3.29. The molecule has 16 heavy (non-hydrogen) atoms. The molecule has 0 radical (unpaired) electrons. The van der Waals surface area contributed by atoms with Crippen molar-refractivity contribution in [2.75, 3.05) is 0 Å². The predicted octanol–water partition coefficient (Wildman–Crippen LogP) is 4.19. The van der Waals surface area contributed by atoms with E-state index in [0.717, 1.165) is 23.5 Å². The summed E-state index contributed by atoms with van der Waals surface area (Å²) in [6.07, 6.45) is 1.84. The van der Waals surface area contributed by atoms with Crippen LogP contribution in [-0.4, -0.2) is 9.55 Å². The lowest BCUT2D eigenvalue weighted by Gasteiger charge is -2.07. The first-order valence-corrected chi connectivity index (χ1v) is 5.86. The smallest absolute Gasteiger partial charge is 0.0954 e. The second-order valence-corrected chi connectivity index (χ2v) is 4.41. The Balaban J connectivity index is 2.57. The van der Waals surface area contributed by atoms with Gasteiger partial charge in [0.25, 0.3) is 0 Å². The van der Waals surface area contributed by atoms with E-state index in [1.165, 1.54) is 0 Å². The molecule has 0 saturated carbocycles. The highest BCUT2D eigenvalue weighted by Crippen LogP contribution is 2.29. The highest BCUT2D eigenvalue weighted by atomic mass is 35.5. The van der Waals surface area contributed by atoms with E-state index in [0.29, 0.717) is 10.0 Å². The minimum Gasteiger partial charge on any atom is -0.331 e. The van der Waals surface area contributed by atoms with E-state index in [2.05, 4.69) is 16.5 Å². The van der Waals surface area contributed by atoms with Gasteiger partial charge in [0.05, 0.1) is 27.8 Å². The van der Waals surface area contributed by atoms with Crippen molar-refractivity contribution in [3.05, 3.63) is 40.3 Å². The molecule has 2 aromatic rings. The zero-order valence-electron chi connectivity index (χ0n) is 9.17. The quantitative estimate of drug-likeness (QED) is 0.786. The summed E-state index contributed by atoms with van der Waals surface area (Å²) in [6, 6.07) is 5.65. The first-order chi connectivity index (χ1) is 7.63. The summed E-state index contributed by atoms with van der Waals surface area (Å²) in [5.74, 6) is 0. The van der Waals surface area contributed by atoms with Gasteiger partial charge in [-0.15, -0.1) is 0 Å². The Morgan fingerprint density at radius 1 is 1.25 bits per heavy atom. The van der Waals surface area contributed by atoms with E-state index in [-0.39, 0.29) is 0 Å². The van der Waals surface area contributed by atoms with Crippen LogP contribution in [0.5, 0.6) is 0 Å². The number of aromatic nitrogens is 2. The van der Waals surface area contributed by atoms with Crippen LogP contribution >= 0.6 is 23.2 Å². The van der Waals surface area contributed by atoms with Crippen molar-refractivity contribution in [3.8, 4) is 11.3 Å². The molecule has 0 amide bonds. The van der Waals surface area contributed by atoms with Crippen LogP contribution in [0.25, 0.3) is 11.3 Å². The number of hydrogen-bond donors (Lipinski definition) is 0. The SMILES string of the molecule is CCn1cnc(C)c1-c1ccc(Cl)c(Cl)c1. The zero-order chi connectivity index (χ0) is 11.7. The molecule has 0 atom stereocenters. The Morgan fingerprint density at radius 2 is 2.00 bits per heavy atom. The maximum Gasteiger partial charge on any atom is 0.0954 e. The second kappa shape index (κ2) is 4.48. The van der Waals surface area contributed by atoms with Crippen LogP contribution < -0.4 is 0 Å². The normalized spacial score (nSPS) is 10.8. The van der Waals surface area contributed by atoms with Crippen LogP contribution in [0.3, 0.4) is 0 Å². The molecule has 0 aliphatic heterocycles. The monoisotopic (exact) mass is 254 g/mol. The zero-order valence-corrected chi connectivity index (χ0v) is 10.7. The lowest BCUT2D eigenvalue weighted by Crippen LogP contribution is -1.95. The van der Waals surface area contributed by atoms with Gasteiger partial charge in [-0.05, 0) is 26.0 Å². The Morgan fingerprint density at radius 3 is 2.62 bits per heavy atom. The van der Waals surface area contributed by atoms with Crippen molar-refractivity contribution in [2.24, 2.45) is 0 Å². The van der Waals surface area contributed by atoms with E-state index < -0.39 is 0 Å². The molecule has 0 unspecified atom stereocenters. The maximum absolute atomic E-state index is 6.02. The lowest BCUT2D eigenvalue weighted by atomic mass is 10.1. The van der Waals surface area contributed by atoms with E-state index in [9.17, 15) is 0 Å². The van der Waals surface area contributed by atoms with Gasteiger partial charge in [-0.3, -0.25) is 0 Å². The highest BCUT2D eigenvalue weighted by Gasteiger charge is 2.10. The third-order valence-electron chi connectivity index (χ3n) is 2.55. The molecule has 1 aromatic heterocycles. The van der Waals surface area contributed by atoms with E-state index in [1.807, 2.05) is 31.5 Å². The molecule has 0 spiro atoms. The molecule has 0 aliphatic carbocycles. The summed E-state index contributed by atoms with van der Waals surface area (Å²) in [4.78, 5) is 4.30. The van der Waals surface area contributed by atoms with Gasteiger partial charge >= 0.3 is 0 Å². The van der Waals surface area contributed by atoms with Crippen LogP contribution in [0.1, 0.15) is 12.6 Å². The summed E-state index contributed by atoms with van der Waals surface area (Å²) in [5.41, 5.74) is 3.15. The molecule has 1 aromatic carbocycles. The van der Waals surface area contributed by atoms with Crippen molar-refractivity contribution in [3.63, 3.8) is 0 Å². The molecular formula is C12H12Cl2N2. The number of rotatable bonds is 2. The summed E-state index contributed by atoms with van der Waals surface area (Å²) in [7, 11) is 0. The standard InChI is InChI=1S/C12H12Cl2N2/c1-3-16-7-15-8(2)12(16)9-4-5-10(13)11(14)6-9/h4-7H,3H2,1-2H3. The fraction of sp³-hybridized carbons (Fsp3) is 0.250. The van der Waals surface area contributed by atoms with Gasteiger partial charge in [0.2, 0.25) is 0 Å². The molecular weight excluding hydrogens is 243 g/mol. The van der Waals surface area contributed by atoms with Crippen LogP contribution in [-0.2, 0) is 6.54 Å². The Labute approximate surface area is 105 Å². The topological polar surface area (TPSA) is 17.8 Å². The Kier molecular flexibility index (Phi) is 3.22. The van der Waals surface area contributed by atoms with Crippen molar-refractivity contribution in [1.29, 1.82) is 0 Å². The van der Waals surface area contributed by atoms with Gasteiger partial charge in [-0.1, -0.05) is 29.3 Å². The van der Waals surface area contributed by atoms with Gasteiger partial charge in [-0.2, -0.15) is 0 Å². The molecule has 0 N–H and O–H groups in total. The fourth-order valence-electron chi connectivity index (χ4n) is 1.74. The molecule has 84 valence electrons. The average molecular weight is 255 g/mol. The molecule has 0 saturated heterocycles. The summed E-state index contributed by atoms with van der Waals surface area (Å²) >= 11 is 11.9. The van der Waals surface area contributed by atoms with Gasteiger partial charge in [0.15, 0.2) is 0 Å². The second-order valence-electron chi connectivity index (χ2n) is 3.59. The van der Waals surface area contributed by atoms with Gasteiger partial charge < -0.3 is 4.57 Å². The van der Waals surface area contributed by atoms with Gasteiger partial charge in [0, 0.05) is 12.1 Å². The minimum atomic E-state index is 0.572. The number of benzene rings is 1. The highest BCUT2D eigenvalue weighted by molar-refractivity contribution is 6.42. The largest absolute Gasteiger partial charge is 0.331 e. The Hall–Kier alpha value is -0.990. The fourth-order valence-corrected chi connectivity index (χ4v) is 2.04. The number of nitrogens with zero attached hydrogens (tertiary/aromatic N) is 2. The van der Waals surface area contributed by atoms with E-state index in [4.69, 9.17) is 23.2 Å². The summed E-state index contributed by atoms with van der Waals surface area (Å²) < 4.78 is 2.09. The number of halogens is 2. The third kappa shape index (κ3) is 1.95. The lowest BCUT2D eigenvalue weighted by molar-refractivity contribution is 0.768. The van der Waals surface area contributed by atoms with Crippen LogP contribution in [0.15, 0.2) is 24.5 Å². The minimum absolute atomic E-state index is 0.572. The summed E-state index contributed by atoms with van der Waals surface area (Å²) in [6.45, 7) is 4.96. The van der Waals surface area contributed by atoms with Gasteiger partial charge in [-0.25, -0.2) is 4.98 Å². The van der Waals surface area contributed by atoms with E-state index >= 15 is 0 Å². The molecule has 1 heterocycles. The van der Waals surface area contributed by atoms with Crippen LogP contribution in [0, 0.1) is 6.92 Å². The first kappa shape index (κ1) is 11.5. The van der Waals surface area contributed by atoms with Crippen molar-refractivity contribution < 1.29 is 0 Å². The molecule has 0 fully saturated rings. The number of imidazole rings is 1. The molecule has 0 bridgehead atoms. The number of hydrogen-bond acceptors (Lipinski definition) is 1. The molecule has 0 aliphatic rings. The van der Waals surface area contributed by atoms with Crippen LogP contribution in [0.4, 0.5) is 0 Å². The first-order valence-electron chi connectivity index (χ1n) is 5.10. The van der Waals surface area contributed by atoms with Crippen molar-refractivity contribution in [1.82, 2.24) is 9.55 Å².